The summed E-state index contributed by atoms with van der Waals surface area (Å²) in [5, 5.41) is 3.28. The first-order valence-electron chi connectivity index (χ1n) is 10.2. The third kappa shape index (κ3) is 6.90. The molecule has 3 aromatic rings. The zero-order chi connectivity index (χ0) is 23.8. The average Bonchev–Trinajstić information content (AvgIpc) is 2.82. The Balaban J connectivity index is 1.70. The molecule has 0 spiro atoms. The highest BCUT2D eigenvalue weighted by molar-refractivity contribution is 7.99. The summed E-state index contributed by atoms with van der Waals surface area (Å²) in [5.74, 6) is 0.809. The van der Waals surface area contributed by atoms with E-state index < -0.39 is 15.9 Å². The van der Waals surface area contributed by atoms with Crippen LogP contribution < -0.4 is 14.4 Å². The van der Waals surface area contributed by atoms with Gasteiger partial charge in [0.1, 0.15) is 12.3 Å². The fourth-order valence-corrected chi connectivity index (χ4v) is 5.29. The summed E-state index contributed by atoms with van der Waals surface area (Å²) < 4.78 is 32.9. The molecule has 0 bridgehead atoms. The maximum atomic E-state index is 13.4. The number of carbonyl (C=O) groups excluding carboxylic acids is 1. The second-order valence-corrected chi connectivity index (χ2v) is 10.6. The summed E-state index contributed by atoms with van der Waals surface area (Å²) in [6.45, 7) is 2.08. The van der Waals surface area contributed by atoms with Crippen LogP contribution in [-0.4, -0.2) is 40.3 Å². The monoisotopic (exact) mass is 504 g/mol. The Morgan fingerprint density at radius 2 is 1.64 bits per heavy atom. The second kappa shape index (κ2) is 11.4. The van der Waals surface area contributed by atoms with Gasteiger partial charge in [-0.1, -0.05) is 29.3 Å². The van der Waals surface area contributed by atoms with Gasteiger partial charge in [-0.05, 0) is 67.6 Å². The normalized spacial score (nSPS) is 11.1. The van der Waals surface area contributed by atoms with Crippen LogP contribution in [0.4, 0.5) is 5.69 Å². The predicted octanol–water partition coefficient (Wildman–Crippen LogP) is 4.76. The van der Waals surface area contributed by atoms with E-state index in [9.17, 15) is 13.2 Å². The van der Waals surface area contributed by atoms with Crippen molar-refractivity contribution in [2.75, 3.05) is 30.3 Å². The second-order valence-electron chi connectivity index (χ2n) is 7.18. The summed E-state index contributed by atoms with van der Waals surface area (Å²) in [6.07, 6.45) is 0. The fraction of sp³-hybridized carbons (Fsp3) is 0.208. The highest BCUT2D eigenvalue weighted by atomic mass is 35.5. The minimum absolute atomic E-state index is 0.0565. The van der Waals surface area contributed by atoms with Gasteiger partial charge in [0, 0.05) is 22.2 Å². The molecule has 33 heavy (non-hydrogen) atoms. The number of thioether (sulfide) groups is 1. The first kappa shape index (κ1) is 25.0. The number of ether oxygens (including phenoxy) is 1. The third-order valence-electron chi connectivity index (χ3n) is 4.76. The van der Waals surface area contributed by atoms with Gasteiger partial charge in [-0.2, -0.15) is 0 Å². The summed E-state index contributed by atoms with van der Waals surface area (Å²) >= 11 is 7.59. The van der Waals surface area contributed by atoms with Crippen molar-refractivity contribution in [3.8, 4) is 5.75 Å². The number of nitrogens with one attached hydrogen (secondary N) is 1. The zero-order valence-electron chi connectivity index (χ0n) is 18.3. The highest BCUT2D eigenvalue weighted by Crippen LogP contribution is 2.26. The molecule has 0 heterocycles. The number of halogens is 1. The average molecular weight is 505 g/mol. The van der Waals surface area contributed by atoms with Crippen molar-refractivity contribution in [3.05, 3.63) is 83.4 Å². The Kier molecular flexibility index (Phi) is 8.66. The van der Waals surface area contributed by atoms with E-state index in [1.165, 1.54) is 24.8 Å². The number of aryl methyl sites for hydroxylation is 1. The number of rotatable bonds is 10. The number of benzene rings is 3. The first-order valence-corrected chi connectivity index (χ1v) is 13.0. The van der Waals surface area contributed by atoms with Crippen molar-refractivity contribution in [1.82, 2.24) is 5.32 Å². The lowest BCUT2D eigenvalue weighted by molar-refractivity contribution is -0.119. The molecule has 3 rings (SSSR count). The molecule has 1 amide bonds. The van der Waals surface area contributed by atoms with Crippen LogP contribution in [0.2, 0.25) is 5.02 Å². The van der Waals surface area contributed by atoms with Crippen molar-refractivity contribution in [2.45, 2.75) is 16.7 Å². The lowest BCUT2D eigenvalue weighted by Gasteiger charge is -2.24. The molecule has 9 heteroatoms. The summed E-state index contributed by atoms with van der Waals surface area (Å²) in [4.78, 5) is 13.8. The molecule has 0 aliphatic heterocycles. The molecule has 0 fully saturated rings. The van der Waals surface area contributed by atoms with Gasteiger partial charge in [-0.3, -0.25) is 9.10 Å². The maximum absolute atomic E-state index is 13.4. The third-order valence-corrected chi connectivity index (χ3v) is 7.82. The van der Waals surface area contributed by atoms with Crippen LogP contribution in [0.15, 0.2) is 82.6 Å². The van der Waals surface area contributed by atoms with Crippen LogP contribution >= 0.6 is 23.4 Å². The Bertz CT molecular complexity index is 1170. The molecule has 0 saturated carbocycles. The molecule has 6 nitrogen and oxygen atoms in total. The number of amides is 1. The van der Waals surface area contributed by atoms with Crippen molar-refractivity contribution < 1.29 is 17.9 Å². The number of hydrogen-bond donors (Lipinski definition) is 1. The molecule has 0 aliphatic carbocycles. The molecular formula is C24H25ClN2O4S2. The molecule has 0 aliphatic rings. The standard InChI is InChI=1S/C24H25ClN2O4S2/c1-18-3-11-22(12-4-18)32-16-15-26-24(28)17-27(20-7-5-19(25)6-8-20)33(29,30)23-13-9-21(31-2)10-14-23/h3-14H,15-17H2,1-2H3,(H,26,28). The van der Waals surface area contributed by atoms with Crippen LogP contribution in [0.3, 0.4) is 0 Å². The van der Waals surface area contributed by atoms with E-state index in [0.29, 0.717) is 28.8 Å². The van der Waals surface area contributed by atoms with Crippen LogP contribution in [0.25, 0.3) is 0 Å². The Morgan fingerprint density at radius 1 is 1.00 bits per heavy atom. The predicted molar refractivity (Wildman–Crippen MR) is 134 cm³/mol. The maximum Gasteiger partial charge on any atom is 0.264 e. The van der Waals surface area contributed by atoms with E-state index in [1.807, 2.05) is 31.2 Å². The quantitative estimate of drug-likeness (QED) is 0.318. The minimum Gasteiger partial charge on any atom is -0.497 e. The molecule has 0 saturated heterocycles. The SMILES string of the molecule is COc1ccc(S(=O)(=O)N(CC(=O)NCCSc2ccc(C)cc2)c2ccc(Cl)cc2)cc1. The summed E-state index contributed by atoms with van der Waals surface area (Å²) in [6, 6.07) is 20.5. The van der Waals surface area contributed by atoms with Crippen molar-refractivity contribution in [3.63, 3.8) is 0 Å². The minimum atomic E-state index is -4.00. The van der Waals surface area contributed by atoms with Crippen LogP contribution in [0, 0.1) is 6.92 Å². The van der Waals surface area contributed by atoms with Gasteiger partial charge in [0.05, 0.1) is 17.7 Å². The zero-order valence-corrected chi connectivity index (χ0v) is 20.7. The van der Waals surface area contributed by atoms with E-state index in [1.54, 1.807) is 48.2 Å². The molecule has 0 aromatic heterocycles. The first-order chi connectivity index (χ1) is 15.8. The van der Waals surface area contributed by atoms with Gasteiger partial charge in [0.2, 0.25) is 5.91 Å². The van der Waals surface area contributed by atoms with Gasteiger partial charge in [-0.15, -0.1) is 11.8 Å². The molecule has 0 atom stereocenters. The van der Waals surface area contributed by atoms with Gasteiger partial charge in [0.25, 0.3) is 10.0 Å². The van der Waals surface area contributed by atoms with E-state index >= 15 is 0 Å². The van der Waals surface area contributed by atoms with Crippen LogP contribution in [0.1, 0.15) is 5.56 Å². The molecule has 1 N–H and O–H groups in total. The molecule has 0 unspecified atom stereocenters. The number of anilines is 1. The lowest BCUT2D eigenvalue weighted by Crippen LogP contribution is -2.41. The van der Waals surface area contributed by atoms with Crippen molar-refractivity contribution in [2.24, 2.45) is 0 Å². The van der Waals surface area contributed by atoms with Gasteiger partial charge in [0.15, 0.2) is 0 Å². The Hall–Kier alpha value is -2.68. The van der Waals surface area contributed by atoms with E-state index in [2.05, 4.69) is 5.32 Å². The van der Waals surface area contributed by atoms with E-state index in [4.69, 9.17) is 16.3 Å². The van der Waals surface area contributed by atoms with Crippen molar-refractivity contribution >= 4 is 45.0 Å². The summed E-state index contributed by atoms with van der Waals surface area (Å²) in [5.41, 5.74) is 1.53. The highest BCUT2D eigenvalue weighted by Gasteiger charge is 2.27. The van der Waals surface area contributed by atoms with Gasteiger partial charge >= 0.3 is 0 Å². The van der Waals surface area contributed by atoms with E-state index in [0.717, 1.165) is 9.20 Å². The smallest absolute Gasteiger partial charge is 0.264 e. The molecule has 174 valence electrons. The number of methoxy groups -OCH3 is 1. The molecule has 0 radical (unpaired) electrons. The summed E-state index contributed by atoms with van der Waals surface area (Å²) in [7, 11) is -2.49. The number of nitrogens with zero attached hydrogens (tertiary/aromatic N) is 1. The molecular weight excluding hydrogens is 480 g/mol. The van der Waals surface area contributed by atoms with Gasteiger partial charge < -0.3 is 10.1 Å². The number of carbonyl (C=O) groups is 1. The van der Waals surface area contributed by atoms with Crippen molar-refractivity contribution in [1.29, 1.82) is 0 Å². The fourth-order valence-electron chi connectivity index (χ4n) is 2.98. The molecule has 3 aromatic carbocycles. The van der Waals surface area contributed by atoms with Crippen LogP contribution in [-0.2, 0) is 14.8 Å². The number of sulfonamides is 1. The number of hydrogen-bond acceptors (Lipinski definition) is 5. The Morgan fingerprint density at radius 3 is 2.24 bits per heavy atom. The lowest BCUT2D eigenvalue weighted by atomic mass is 10.2. The Labute approximate surface area is 204 Å². The van der Waals surface area contributed by atoms with Crippen LogP contribution in [0.5, 0.6) is 5.75 Å². The van der Waals surface area contributed by atoms with E-state index in [-0.39, 0.29) is 11.4 Å². The van der Waals surface area contributed by atoms with Gasteiger partial charge in [-0.25, -0.2) is 8.42 Å². The topological polar surface area (TPSA) is 75.7 Å². The largest absolute Gasteiger partial charge is 0.497 e.